The number of pyridine rings is 1. The molecule has 19 heavy (non-hydrogen) atoms. The van der Waals surface area contributed by atoms with Crippen LogP contribution in [-0.2, 0) is 13.0 Å². The van der Waals surface area contributed by atoms with Gasteiger partial charge >= 0.3 is 0 Å². The first-order chi connectivity index (χ1) is 9.17. The molecule has 1 N–H and O–H groups in total. The molecule has 1 aromatic carbocycles. The maximum atomic E-state index is 4.06. The van der Waals surface area contributed by atoms with E-state index in [-0.39, 0.29) is 5.41 Å². The first kappa shape index (κ1) is 12.4. The van der Waals surface area contributed by atoms with Gasteiger partial charge < -0.3 is 5.32 Å². The van der Waals surface area contributed by atoms with Gasteiger partial charge in [0.2, 0.25) is 0 Å². The molecule has 1 aliphatic rings. The number of hydrogen-bond acceptors (Lipinski definition) is 2. The maximum absolute atomic E-state index is 4.06. The summed E-state index contributed by atoms with van der Waals surface area (Å²) in [6.45, 7) is 5.58. The molecule has 1 unspecified atom stereocenters. The summed E-state index contributed by atoms with van der Waals surface area (Å²) in [5.41, 5.74) is 4.51. The largest absolute Gasteiger partial charge is 0.305 e. The van der Waals surface area contributed by atoms with Gasteiger partial charge in [-0.3, -0.25) is 4.98 Å². The van der Waals surface area contributed by atoms with E-state index in [1.807, 2.05) is 12.4 Å². The Kier molecular flexibility index (Phi) is 3.11. The van der Waals surface area contributed by atoms with Crippen molar-refractivity contribution in [2.24, 2.45) is 5.41 Å². The Bertz CT molecular complexity index is 560. The molecule has 0 saturated heterocycles. The molecule has 98 valence electrons. The predicted molar refractivity (Wildman–Crippen MR) is 77.7 cm³/mol. The molecule has 1 heterocycles. The van der Waals surface area contributed by atoms with Crippen molar-refractivity contribution in [3.05, 3.63) is 65.5 Å². The molecule has 0 saturated carbocycles. The highest BCUT2D eigenvalue weighted by Crippen LogP contribution is 2.44. The molecule has 0 amide bonds. The fourth-order valence-electron chi connectivity index (χ4n) is 3.10. The molecular weight excluding hydrogens is 232 g/mol. The number of nitrogens with one attached hydrogen (secondary N) is 1. The Morgan fingerprint density at radius 2 is 1.89 bits per heavy atom. The molecule has 1 aliphatic carbocycles. The lowest BCUT2D eigenvalue weighted by atomic mass is 9.85. The predicted octanol–water partition coefficient (Wildman–Crippen LogP) is 3.49. The molecule has 2 heteroatoms. The standard InChI is InChI=1S/C17H20N2/c1-17(2)11-14-5-3-4-6-15(14)16(17)19-12-13-7-9-18-10-8-13/h3-10,16,19H,11-12H2,1-2H3. The van der Waals surface area contributed by atoms with E-state index >= 15 is 0 Å². The van der Waals surface area contributed by atoms with Crippen molar-refractivity contribution < 1.29 is 0 Å². The Hall–Kier alpha value is -1.67. The topological polar surface area (TPSA) is 24.9 Å². The third kappa shape index (κ3) is 2.41. The summed E-state index contributed by atoms with van der Waals surface area (Å²) in [4.78, 5) is 4.06. The first-order valence-electron chi connectivity index (χ1n) is 6.87. The molecule has 0 radical (unpaired) electrons. The van der Waals surface area contributed by atoms with Crippen LogP contribution in [0.4, 0.5) is 0 Å². The Morgan fingerprint density at radius 1 is 1.16 bits per heavy atom. The van der Waals surface area contributed by atoms with Crippen molar-refractivity contribution in [1.29, 1.82) is 0 Å². The molecule has 3 rings (SSSR count). The van der Waals surface area contributed by atoms with Crippen molar-refractivity contribution in [2.45, 2.75) is 32.9 Å². The molecule has 2 aromatic rings. The van der Waals surface area contributed by atoms with E-state index in [2.05, 4.69) is 60.5 Å². The summed E-state index contributed by atoms with van der Waals surface area (Å²) in [6, 6.07) is 13.4. The summed E-state index contributed by atoms with van der Waals surface area (Å²) in [6.07, 6.45) is 4.85. The van der Waals surface area contributed by atoms with Gasteiger partial charge in [0.05, 0.1) is 0 Å². The Morgan fingerprint density at radius 3 is 2.68 bits per heavy atom. The van der Waals surface area contributed by atoms with Crippen LogP contribution >= 0.6 is 0 Å². The lowest BCUT2D eigenvalue weighted by molar-refractivity contribution is 0.268. The van der Waals surface area contributed by atoms with Crippen LogP contribution in [0.25, 0.3) is 0 Å². The van der Waals surface area contributed by atoms with Gasteiger partial charge in [0.1, 0.15) is 0 Å². The zero-order valence-corrected chi connectivity index (χ0v) is 11.6. The van der Waals surface area contributed by atoms with Crippen molar-refractivity contribution in [1.82, 2.24) is 10.3 Å². The fraction of sp³-hybridized carbons (Fsp3) is 0.353. The van der Waals surface area contributed by atoms with E-state index < -0.39 is 0 Å². The summed E-state index contributed by atoms with van der Waals surface area (Å²) >= 11 is 0. The highest BCUT2D eigenvalue weighted by molar-refractivity contribution is 5.37. The van der Waals surface area contributed by atoms with E-state index in [4.69, 9.17) is 0 Å². The zero-order valence-electron chi connectivity index (χ0n) is 11.6. The number of rotatable bonds is 3. The van der Waals surface area contributed by atoms with Crippen LogP contribution in [0.15, 0.2) is 48.8 Å². The van der Waals surface area contributed by atoms with Crippen LogP contribution in [0.1, 0.15) is 36.6 Å². The van der Waals surface area contributed by atoms with Gasteiger partial charge in [-0.25, -0.2) is 0 Å². The van der Waals surface area contributed by atoms with Crippen LogP contribution in [-0.4, -0.2) is 4.98 Å². The third-order valence-corrected chi connectivity index (χ3v) is 4.05. The van der Waals surface area contributed by atoms with Crippen LogP contribution in [0, 0.1) is 5.41 Å². The van der Waals surface area contributed by atoms with E-state index in [9.17, 15) is 0 Å². The summed E-state index contributed by atoms with van der Waals surface area (Å²) in [5.74, 6) is 0. The monoisotopic (exact) mass is 252 g/mol. The minimum atomic E-state index is 0.275. The molecule has 1 atom stereocenters. The molecule has 0 bridgehead atoms. The second kappa shape index (κ2) is 4.78. The first-order valence-corrected chi connectivity index (χ1v) is 6.87. The molecule has 0 spiro atoms. The molecule has 1 aromatic heterocycles. The molecule has 2 nitrogen and oxygen atoms in total. The molecular formula is C17H20N2. The van der Waals surface area contributed by atoms with E-state index in [1.54, 1.807) is 0 Å². The highest BCUT2D eigenvalue weighted by atomic mass is 14.9. The van der Waals surface area contributed by atoms with Gasteiger partial charge in [-0.15, -0.1) is 0 Å². The molecule has 0 fully saturated rings. The molecule has 0 aliphatic heterocycles. The summed E-state index contributed by atoms with van der Waals surface area (Å²) in [5, 5.41) is 3.72. The lowest BCUT2D eigenvalue weighted by Crippen LogP contribution is -2.30. The van der Waals surface area contributed by atoms with Gasteiger partial charge in [0.15, 0.2) is 0 Å². The van der Waals surface area contributed by atoms with Crippen molar-refractivity contribution in [3.63, 3.8) is 0 Å². The summed E-state index contributed by atoms with van der Waals surface area (Å²) < 4.78 is 0. The number of benzene rings is 1. The second-order valence-electron chi connectivity index (χ2n) is 6.03. The van der Waals surface area contributed by atoms with Gasteiger partial charge in [-0.05, 0) is 40.7 Å². The number of aromatic nitrogens is 1. The minimum Gasteiger partial charge on any atom is -0.305 e. The van der Waals surface area contributed by atoms with Crippen LogP contribution in [0.5, 0.6) is 0 Å². The van der Waals surface area contributed by atoms with E-state index in [0.717, 1.165) is 13.0 Å². The van der Waals surface area contributed by atoms with Crippen molar-refractivity contribution in [2.75, 3.05) is 0 Å². The maximum Gasteiger partial charge on any atom is 0.0380 e. The average Bonchev–Trinajstić information content (AvgIpc) is 2.67. The lowest BCUT2D eigenvalue weighted by Gasteiger charge is -2.28. The van der Waals surface area contributed by atoms with Crippen LogP contribution in [0.3, 0.4) is 0 Å². The van der Waals surface area contributed by atoms with Gasteiger partial charge in [0.25, 0.3) is 0 Å². The highest BCUT2D eigenvalue weighted by Gasteiger charge is 2.38. The van der Waals surface area contributed by atoms with E-state index in [0.29, 0.717) is 6.04 Å². The third-order valence-electron chi connectivity index (χ3n) is 4.05. The summed E-state index contributed by atoms with van der Waals surface area (Å²) in [7, 11) is 0. The fourth-order valence-corrected chi connectivity index (χ4v) is 3.10. The number of fused-ring (bicyclic) bond motifs is 1. The number of nitrogens with zero attached hydrogens (tertiary/aromatic N) is 1. The average molecular weight is 252 g/mol. The van der Waals surface area contributed by atoms with Crippen LogP contribution < -0.4 is 5.32 Å². The van der Waals surface area contributed by atoms with Crippen molar-refractivity contribution >= 4 is 0 Å². The normalized spacial score (nSPS) is 20.2. The SMILES string of the molecule is CC1(C)Cc2ccccc2C1NCc1ccncc1. The van der Waals surface area contributed by atoms with Crippen LogP contribution in [0.2, 0.25) is 0 Å². The Balaban J connectivity index is 1.80. The van der Waals surface area contributed by atoms with Crippen molar-refractivity contribution in [3.8, 4) is 0 Å². The second-order valence-corrected chi connectivity index (χ2v) is 6.03. The van der Waals surface area contributed by atoms with E-state index in [1.165, 1.54) is 16.7 Å². The Labute approximate surface area is 114 Å². The smallest absolute Gasteiger partial charge is 0.0380 e. The van der Waals surface area contributed by atoms with Gasteiger partial charge in [-0.2, -0.15) is 0 Å². The van der Waals surface area contributed by atoms with Gasteiger partial charge in [-0.1, -0.05) is 38.1 Å². The number of hydrogen-bond donors (Lipinski definition) is 1. The zero-order chi connectivity index (χ0) is 13.3. The minimum absolute atomic E-state index is 0.275. The quantitative estimate of drug-likeness (QED) is 0.904. The van der Waals surface area contributed by atoms with Gasteiger partial charge in [0, 0.05) is 25.0 Å².